The van der Waals surface area contributed by atoms with E-state index in [9.17, 15) is 8.42 Å². The number of rotatable bonds is 9. The molecule has 0 spiro atoms. The molecule has 0 atom stereocenters. The molecule has 8 heteroatoms. The lowest BCUT2D eigenvalue weighted by Gasteiger charge is -2.29. The second-order valence-electron chi connectivity index (χ2n) is 9.45. The van der Waals surface area contributed by atoms with Gasteiger partial charge in [0.2, 0.25) is 10.0 Å². The fraction of sp³-hybridized carbons (Fsp3) is 0.444. The Morgan fingerprint density at radius 2 is 1.63 bits per heavy atom. The molecule has 1 aliphatic heterocycles. The summed E-state index contributed by atoms with van der Waals surface area (Å²) in [6, 6.07) is 11.5. The fourth-order valence-electron chi connectivity index (χ4n) is 4.64. The van der Waals surface area contributed by atoms with Gasteiger partial charge >= 0.3 is 0 Å². The van der Waals surface area contributed by atoms with Crippen LogP contribution in [0.5, 0.6) is 0 Å². The number of nitrogens with zero attached hydrogens (tertiary/aromatic N) is 4. The lowest BCUT2D eigenvalue weighted by Crippen LogP contribution is -2.43. The van der Waals surface area contributed by atoms with Crippen LogP contribution in [-0.2, 0) is 27.8 Å². The third-order valence-corrected chi connectivity index (χ3v) is 8.58. The van der Waals surface area contributed by atoms with Gasteiger partial charge in [-0.05, 0) is 56.5 Å². The highest BCUT2D eigenvalue weighted by atomic mass is 32.2. The van der Waals surface area contributed by atoms with Gasteiger partial charge in [0, 0.05) is 45.1 Å². The SMILES string of the molecule is Cc1ccc(S(=O)(=O)N(CCN2CCOCC2)Cc2nccn2Cc2c(C)cc(C)cc2C)cc1. The number of morpholine rings is 1. The average molecular weight is 497 g/mol. The molecule has 7 nitrogen and oxygen atoms in total. The maximum absolute atomic E-state index is 13.7. The molecule has 1 saturated heterocycles. The first kappa shape index (κ1) is 25.6. The van der Waals surface area contributed by atoms with E-state index in [-0.39, 0.29) is 6.54 Å². The third-order valence-electron chi connectivity index (χ3n) is 6.72. The molecule has 1 aromatic heterocycles. The molecule has 3 aromatic rings. The van der Waals surface area contributed by atoms with Gasteiger partial charge in [0.15, 0.2) is 0 Å². The quantitative estimate of drug-likeness (QED) is 0.452. The summed E-state index contributed by atoms with van der Waals surface area (Å²) in [6.07, 6.45) is 3.69. The zero-order chi connectivity index (χ0) is 25.0. The van der Waals surface area contributed by atoms with Crippen LogP contribution < -0.4 is 0 Å². The highest BCUT2D eigenvalue weighted by Gasteiger charge is 2.27. The molecule has 2 aromatic carbocycles. The first-order chi connectivity index (χ1) is 16.7. The molecule has 0 amide bonds. The molecule has 188 valence electrons. The second-order valence-corrected chi connectivity index (χ2v) is 11.4. The zero-order valence-corrected chi connectivity index (χ0v) is 22.0. The van der Waals surface area contributed by atoms with Gasteiger partial charge in [0.1, 0.15) is 5.82 Å². The third kappa shape index (κ3) is 6.19. The van der Waals surface area contributed by atoms with Crippen LogP contribution in [0.15, 0.2) is 53.7 Å². The van der Waals surface area contributed by atoms with Crippen molar-refractivity contribution < 1.29 is 13.2 Å². The van der Waals surface area contributed by atoms with Crippen molar-refractivity contribution in [3.05, 3.63) is 82.4 Å². The van der Waals surface area contributed by atoms with Crippen molar-refractivity contribution in [2.75, 3.05) is 39.4 Å². The van der Waals surface area contributed by atoms with Gasteiger partial charge in [0.05, 0.1) is 24.7 Å². The van der Waals surface area contributed by atoms with Crippen LogP contribution in [0.4, 0.5) is 0 Å². The summed E-state index contributed by atoms with van der Waals surface area (Å²) < 4.78 is 36.5. The molecule has 0 saturated carbocycles. The Labute approximate surface area is 209 Å². The van der Waals surface area contributed by atoms with Crippen molar-refractivity contribution in [3.63, 3.8) is 0 Å². The predicted octanol–water partition coefficient (Wildman–Crippen LogP) is 3.69. The second kappa shape index (κ2) is 11.0. The molecule has 0 radical (unpaired) electrons. The Bertz CT molecular complexity index is 1220. The summed E-state index contributed by atoms with van der Waals surface area (Å²) in [5.74, 6) is 0.738. The summed E-state index contributed by atoms with van der Waals surface area (Å²) in [6.45, 7) is 13.3. The van der Waals surface area contributed by atoms with Crippen molar-refractivity contribution in [3.8, 4) is 0 Å². The van der Waals surface area contributed by atoms with E-state index in [4.69, 9.17) is 4.74 Å². The average Bonchev–Trinajstić information content (AvgIpc) is 3.26. The minimum absolute atomic E-state index is 0.220. The molecular formula is C27H36N4O3S. The van der Waals surface area contributed by atoms with E-state index < -0.39 is 10.0 Å². The summed E-state index contributed by atoms with van der Waals surface area (Å²) in [7, 11) is -3.68. The Hall–Kier alpha value is -2.52. The van der Waals surface area contributed by atoms with Gasteiger partial charge in [-0.1, -0.05) is 35.4 Å². The highest BCUT2D eigenvalue weighted by Crippen LogP contribution is 2.21. The molecular weight excluding hydrogens is 460 g/mol. The lowest BCUT2D eigenvalue weighted by molar-refractivity contribution is 0.0360. The van der Waals surface area contributed by atoms with Crippen LogP contribution in [0.1, 0.15) is 33.6 Å². The monoisotopic (exact) mass is 496 g/mol. The molecule has 1 aliphatic rings. The summed E-state index contributed by atoms with van der Waals surface area (Å²) >= 11 is 0. The molecule has 4 rings (SSSR count). The number of ether oxygens (including phenoxy) is 1. The molecule has 35 heavy (non-hydrogen) atoms. The summed E-state index contributed by atoms with van der Waals surface area (Å²) in [4.78, 5) is 7.14. The van der Waals surface area contributed by atoms with Crippen LogP contribution >= 0.6 is 0 Å². The normalized spacial score (nSPS) is 15.1. The summed E-state index contributed by atoms with van der Waals surface area (Å²) in [5.41, 5.74) is 5.99. The van der Waals surface area contributed by atoms with E-state index in [0.717, 1.165) is 24.5 Å². The number of aromatic nitrogens is 2. The topological polar surface area (TPSA) is 67.7 Å². The molecule has 2 heterocycles. The molecule has 0 unspecified atom stereocenters. The minimum Gasteiger partial charge on any atom is -0.379 e. The smallest absolute Gasteiger partial charge is 0.243 e. The number of hydrogen-bond donors (Lipinski definition) is 0. The first-order valence-electron chi connectivity index (χ1n) is 12.2. The Morgan fingerprint density at radius 1 is 0.971 bits per heavy atom. The van der Waals surface area contributed by atoms with Crippen molar-refractivity contribution >= 4 is 10.0 Å². The number of aryl methyl sites for hydroxylation is 4. The predicted molar refractivity (Wildman–Crippen MR) is 138 cm³/mol. The largest absolute Gasteiger partial charge is 0.379 e. The Balaban J connectivity index is 1.60. The van der Waals surface area contributed by atoms with Gasteiger partial charge < -0.3 is 9.30 Å². The van der Waals surface area contributed by atoms with Crippen LogP contribution in [0.2, 0.25) is 0 Å². The van der Waals surface area contributed by atoms with Crippen molar-refractivity contribution in [1.29, 1.82) is 0 Å². The number of imidazole rings is 1. The van der Waals surface area contributed by atoms with Crippen LogP contribution in [0, 0.1) is 27.7 Å². The lowest BCUT2D eigenvalue weighted by atomic mass is 10.00. The van der Waals surface area contributed by atoms with E-state index >= 15 is 0 Å². The maximum atomic E-state index is 13.7. The van der Waals surface area contributed by atoms with E-state index in [0.29, 0.717) is 37.7 Å². The highest BCUT2D eigenvalue weighted by molar-refractivity contribution is 7.89. The fourth-order valence-corrected chi connectivity index (χ4v) is 6.03. The van der Waals surface area contributed by atoms with E-state index in [2.05, 4.69) is 47.4 Å². The van der Waals surface area contributed by atoms with Crippen LogP contribution in [-0.4, -0.2) is 66.6 Å². The van der Waals surface area contributed by atoms with Gasteiger partial charge in [-0.15, -0.1) is 0 Å². The van der Waals surface area contributed by atoms with E-state index in [1.54, 1.807) is 22.6 Å². The number of sulfonamides is 1. The van der Waals surface area contributed by atoms with Crippen molar-refractivity contribution in [1.82, 2.24) is 18.8 Å². The minimum atomic E-state index is -3.68. The zero-order valence-electron chi connectivity index (χ0n) is 21.2. The standard InChI is InChI=1S/C27H36N4O3S/c1-21-5-7-25(8-6-21)35(32,33)31(12-11-29-13-15-34-16-14-29)20-27-28-9-10-30(27)19-26-23(3)17-22(2)18-24(26)4/h5-10,17-18H,11-16,19-20H2,1-4H3. The summed E-state index contributed by atoms with van der Waals surface area (Å²) in [5, 5.41) is 0. The molecule has 0 N–H and O–H groups in total. The van der Waals surface area contributed by atoms with E-state index in [1.165, 1.54) is 22.3 Å². The number of benzene rings is 2. The Morgan fingerprint density at radius 3 is 2.29 bits per heavy atom. The van der Waals surface area contributed by atoms with Crippen molar-refractivity contribution in [2.45, 2.75) is 45.7 Å². The van der Waals surface area contributed by atoms with Gasteiger partial charge in [-0.25, -0.2) is 13.4 Å². The van der Waals surface area contributed by atoms with Crippen LogP contribution in [0.3, 0.4) is 0 Å². The molecule has 0 aliphatic carbocycles. The first-order valence-corrected chi connectivity index (χ1v) is 13.6. The Kier molecular flexibility index (Phi) is 8.06. The van der Waals surface area contributed by atoms with Crippen molar-refractivity contribution in [2.24, 2.45) is 0 Å². The van der Waals surface area contributed by atoms with Gasteiger partial charge in [-0.2, -0.15) is 4.31 Å². The molecule has 1 fully saturated rings. The van der Waals surface area contributed by atoms with Gasteiger partial charge in [-0.3, -0.25) is 4.90 Å². The van der Waals surface area contributed by atoms with E-state index in [1.807, 2.05) is 25.3 Å². The maximum Gasteiger partial charge on any atom is 0.243 e. The van der Waals surface area contributed by atoms with Gasteiger partial charge in [0.25, 0.3) is 0 Å². The number of hydrogen-bond acceptors (Lipinski definition) is 5. The van der Waals surface area contributed by atoms with Crippen LogP contribution in [0.25, 0.3) is 0 Å². The molecule has 0 bridgehead atoms.